The normalized spacial score (nSPS) is 11.5. The van der Waals surface area contributed by atoms with E-state index in [1.165, 1.54) is 0 Å². The summed E-state index contributed by atoms with van der Waals surface area (Å²) in [6.45, 7) is 6.44. The zero-order chi connectivity index (χ0) is 12.4. The number of carbonyl (C=O) groups excluding carboxylic acids is 1. The summed E-state index contributed by atoms with van der Waals surface area (Å²) in [5, 5.41) is 2.83. The van der Waals surface area contributed by atoms with Crippen molar-refractivity contribution in [1.29, 1.82) is 0 Å². The number of nitrogens with two attached hydrogens (primary N) is 1. The second-order valence-electron chi connectivity index (χ2n) is 4.53. The molecule has 0 aromatic carbocycles. The van der Waals surface area contributed by atoms with E-state index in [2.05, 4.69) is 19.2 Å². The lowest BCUT2D eigenvalue weighted by Crippen LogP contribution is -2.36. The van der Waals surface area contributed by atoms with Crippen LogP contribution in [0.5, 0.6) is 0 Å². The molecule has 0 saturated carbocycles. The predicted molar refractivity (Wildman–Crippen MR) is 63.2 cm³/mol. The lowest BCUT2D eigenvalue weighted by molar-refractivity contribution is -0.126. The van der Waals surface area contributed by atoms with E-state index in [0.29, 0.717) is 26.3 Å². The number of nitrogens with one attached hydrogen (secondary N) is 1. The van der Waals surface area contributed by atoms with Crippen LogP contribution in [0.3, 0.4) is 0 Å². The average Bonchev–Trinajstić information content (AvgIpc) is 2.24. The highest BCUT2D eigenvalue weighted by Gasteiger charge is 2.18. The Morgan fingerprint density at radius 1 is 1.38 bits per heavy atom. The maximum absolute atomic E-state index is 11.3. The van der Waals surface area contributed by atoms with Gasteiger partial charge >= 0.3 is 0 Å². The van der Waals surface area contributed by atoms with Gasteiger partial charge in [-0.15, -0.1) is 0 Å². The fourth-order valence-corrected chi connectivity index (χ4v) is 1.10. The van der Waals surface area contributed by atoms with Gasteiger partial charge in [-0.2, -0.15) is 0 Å². The van der Waals surface area contributed by atoms with Gasteiger partial charge in [0.1, 0.15) is 6.61 Å². The third kappa shape index (κ3) is 8.64. The van der Waals surface area contributed by atoms with Gasteiger partial charge < -0.3 is 20.5 Å². The largest absolute Gasteiger partial charge is 0.385 e. The lowest BCUT2D eigenvalue weighted by Gasteiger charge is -2.24. The molecule has 96 valence electrons. The van der Waals surface area contributed by atoms with E-state index in [0.717, 1.165) is 6.42 Å². The van der Waals surface area contributed by atoms with Gasteiger partial charge in [-0.25, -0.2) is 0 Å². The number of hydrogen-bond acceptors (Lipinski definition) is 4. The second kappa shape index (κ2) is 8.50. The Labute approximate surface area is 97.7 Å². The number of methoxy groups -OCH3 is 1. The summed E-state index contributed by atoms with van der Waals surface area (Å²) in [7, 11) is 1.68. The molecule has 0 heterocycles. The van der Waals surface area contributed by atoms with E-state index in [1.54, 1.807) is 7.11 Å². The Morgan fingerprint density at radius 2 is 2.06 bits per heavy atom. The summed E-state index contributed by atoms with van der Waals surface area (Å²) in [4.78, 5) is 11.3. The van der Waals surface area contributed by atoms with Crippen molar-refractivity contribution in [2.75, 3.05) is 40.0 Å². The molecule has 0 saturated heterocycles. The molecule has 0 rings (SSSR count). The molecule has 3 N–H and O–H groups in total. The van der Waals surface area contributed by atoms with Crippen molar-refractivity contribution in [2.24, 2.45) is 11.1 Å². The third-order valence-corrected chi connectivity index (χ3v) is 2.24. The minimum Gasteiger partial charge on any atom is -0.385 e. The average molecular weight is 232 g/mol. The molecular formula is C11H24N2O3. The van der Waals surface area contributed by atoms with E-state index in [1.807, 2.05) is 0 Å². The van der Waals surface area contributed by atoms with Gasteiger partial charge in [0.05, 0.1) is 6.61 Å². The maximum atomic E-state index is 11.3. The lowest BCUT2D eigenvalue weighted by atomic mass is 9.90. The first-order chi connectivity index (χ1) is 7.52. The van der Waals surface area contributed by atoms with Gasteiger partial charge in [0.15, 0.2) is 0 Å². The summed E-state index contributed by atoms with van der Waals surface area (Å²) in [6.07, 6.45) is 0.910. The van der Waals surface area contributed by atoms with Crippen LogP contribution in [0, 0.1) is 5.41 Å². The molecule has 0 aromatic rings. The molecule has 0 bridgehead atoms. The number of carbonyl (C=O) groups is 1. The fourth-order valence-electron chi connectivity index (χ4n) is 1.10. The maximum Gasteiger partial charge on any atom is 0.246 e. The molecule has 0 spiro atoms. The van der Waals surface area contributed by atoms with Crippen molar-refractivity contribution in [2.45, 2.75) is 20.3 Å². The summed E-state index contributed by atoms with van der Waals surface area (Å²) in [5.74, 6) is -0.0982. The number of rotatable bonds is 9. The molecule has 5 heteroatoms. The van der Waals surface area contributed by atoms with Crippen LogP contribution in [0.25, 0.3) is 0 Å². The van der Waals surface area contributed by atoms with Gasteiger partial charge in [0.25, 0.3) is 0 Å². The Balaban J connectivity index is 3.64. The molecule has 0 aliphatic heterocycles. The van der Waals surface area contributed by atoms with Gasteiger partial charge in [-0.05, 0) is 11.8 Å². The van der Waals surface area contributed by atoms with Crippen molar-refractivity contribution in [3.05, 3.63) is 0 Å². The van der Waals surface area contributed by atoms with Crippen LogP contribution in [0.4, 0.5) is 0 Å². The molecule has 0 aromatic heterocycles. The zero-order valence-corrected chi connectivity index (χ0v) is 10.5. The van der Waals surface area contributed by atoms with Gasteiger partial charge in [0.2, 0.25) is 5.91 Å². The number of ether oxygens (including phenoxy) is 2. The quantitative estimate of drug-likeness (QED) is 0.555. The highest BCUT2D eigenvalue weighted by molar-refractivity contribution is 5.77. The highest BCUT2D eigenvalue weighted by atomic mass is 16.5. The zero-order valence-electron chi connectivity index (χ0n) is 10.5. The molecule has 1 amide bonds. The van der Waals surface area contributed by atoms with Crippen LogP contribution in [0.1, 0.15) is 20.3 Å². The van der Waals surface area contributed by atoms with Crippen LogP contribution in [-0.2, 0) is 14.3 Å². The van der Waals surface area contributed by atoms with Crippen molar-refractivity contribution in [3.8, 4) is 0 Å². The van der Waals surface area contributed by atoms with Crippen LogP contribution in [-0.4, -0.2) is 45.9 Å². The summed E-state index contributed by atoms with van der Waals surface area (Å²) < 4.78 is 10.0. The Hall–Kier alpha value is -0.650. The molecule has 0 unspecified atom stereocenters. The first kappa shape index (κ1) is 15.3. The number of amides is 1. The summed E-state index contributed by atoms with van der Waals surface area (Å²) in [6, 6.07) is 0. The van der Waals surface area contributed by atoms with E-state index in [-0.39, 0.29) is 17.9 Å². The second-order valence-corrected chi connectivity index (χ2v) is 4.53. The smallest absolute Gasteiger partial charge is 0.246 e. The molecule has 0 fully saturated rings. The Morgan fingerprint density at radius 3 is 2.62 bits per heavy atom. The summed E-state index contributed by atoms with van der Waals surface area (Å²) >= 11 is 0. The topological polar surface area (TPSA) is 73.6 Å². The molecule has 0 aliphatic carbocycles. The Kier molecular flexibility index (Phi) is 8.15. The SMILES string of the molecule is COCCC(C)(C)CNC(=O)COCCN. The third-order valence-electron chi connectivity index (χ3n) is 2.24. The molecular weight excluding hydrogens is 208 g/mol. The standard InChI is InChI=1S/C11H24N2O3/c1-11(2,4-6-15-3)9-13-10(14)8-16-7-5-12/h4-9,12H2,1-3H3,(H,13,14). The minimum atomic E-state index is -0.0982. The van der Waals surface area contributed by atoms with E-state index < -0.39 is 0 Å². The molecule has 16 heavy (non-hydrogen) atoms. The fraction of sp³-hybridized carbons (Fsp3) is 0.909. The Bertz CT molecular complexity index is 196. The molecule has 0 atom stereocenters. The van der Waals surface area contributed by atoms with Crippen molar-refractivity contribution < 1.29 is 14.3 Å². The monoisotopic (exact) mass is 232 g/mol. The van der Waals surface area contributed by atoms with E-state index in [4.69, 9.17) is 15.2 Å². The van der Waals surface area contributed by atoms with Crippen molar-refractivity contribution in [3.63, 3.8) is 0 Å². The summed E-state index contributed by atoms with van der Waals surface area (Å²) in [5.41, 5.74) is 5.28. The molecule has 5 nitrogen and oxygen atoms in total. The van der Waals surface area contributed by atoms with Crippen molar-refractivity contribution in [1.82, 2.24) is 5.32 Å². The van der Waals surface area contributed by atoms with Crippen LogP contribution < -0.4 is 11.1 Å². The van der Waals surface area contributed by atoms with Gasteiger partial charge in [0, 0.05) is 26.8 Å². The van der Waals surface area contributed by atoms with Crippen LogP contribution >= 0.6 is 0 Å². The molecule has 0 radical (unpaired) electrons. The van der Waals surface area contributed by atoms with Crippen LogP contribution in [0.2, 0.25) is 0 Å². The highest BCUT2D eigenvalue weighted by Crippen LogP contribution is 2.18. The van der Waals surface area contributed by atoms with Crippen LogP contribution in [0.15, 0.2) is 0 Å². The van der Waals surface area contributed by atoms with Gasteiger partial charge in [-0.1, -0.05) is 13.8 Å². The minimum absolute atomic E-state index is 0.0412. The molecule has 0 aliphatic rings. The number of hydrogen-bond donors (Lipinski definition) is 2. The predicted octanol–water partition coefficient (Wildman–Crippen LogP) is 0.141. The van der Waals surface area contributed by atoms with Gasteiger partial charge in [-0.3, -0.25) is 4.79 Å². The van der Waals surface area contributed by atoms with E-state index >= 15 is 0 Å². The van der Waals surface area contributed by atoms with E-state index in [9.17, 15) is 4.79 Å². The first-order valence-corrected chi connectivity index (χ1v) is 5.55. The van der Waals surface area contributed by atoms with Crippen molar-refractivity contribution >= 4 is 5.91 Å². The first-order valence-electron chi connectivity index (χ1n) is 5.55.